The number of carboxylic acids is 1. The van der Waals surface area contributed by atoms with Gasteiger partial charge in [-0.1, -0.05) is 0 Å². The van der Waals surface area contributed by atoms with Crippen molar-refractivity contribution in [1.29, 1.82) is 0 Å². The molecule has 2 amide bonds. The summed E-state index contributed by atoms with van der Waals surface area (Å²) in [7, 11) is 0. The average molecular weight is 245 g/mol. The van der Waals surface area contributed by atoms with Gasteiger partial charge in [-0.3, -0.25) is 5.32 Å². The second-order valence-electron chi connectivity index (χ2n) is 2.97. The van der Waals surface area contributed by atoms with Gasteiger partial charge in [0.15, 0.2) is 11.2 Å². The lowest BCUT2D eigenvalue weighted by Crippen LogP contribution is -2.45. The summed E-state index contributed by atoms with van der Waals surface area (Å²) < 4.78 is 0. The van der Waals surface area contributed by atoms with E-state index in [2.05, 4.69) is 15.6 Å². The van der Waals surface area contributed by atoms with Crippen LogP contribution in [0, 0.1) is 6.92 Å². The normalized spacial score (nSPS) is 11.9. The number of hydrogen-bond acceptors (Lipinski definition) is 5. The number of aliphatic carboxylic acids is 1. The second-order valence-corrected chi connectivity index (χ2v) is 3.82. The Balaban J connectivity index is 2.50. The summed E-state index contributed by atoms with van der Waals surface area (Å²) in [5.41, 5.74) is 0.761. The van der Waals surface area contributed by atoms with Crippen LogP contribution in [0.2, 0.25) is 0 Å². The number of thiazole rings is 1. The number of aliphatic hydroxyl groups excluding tert-OH is 1. The van der Waals surface area contributed by atoms with Crippen LogP contribution >= 0.6 is 11.3 Å². The molecule has 0 spiro atoms. The molecule has 7 nitrogen and oxygen atoms in total. The Labute approximate surface area is 95.1 Å². The summed E-state index contributed by atoms with van der Waals surface area (Å²) in [5.74, 6) is -1.30. The fraction of sp³-hybridized carbons (Fsp3) is 0.375. The predicted molar refractivity (Wildman–Crippen MR) is 57.5 cm³/mol. The zero-order valence-electron chi connectivity index (χ0n) is 8.43. The second kappa shape index (κ2) is 5.42. The van der Waals surface area contributed by atoms with Crippen molar-refractivity contribution in [2.75, 3.05) is 11.9 Å². The van der Waals surface area contributed by atoms with Crippen LogP contribution in [0.15, 0.2) is 5.38 Å². The van der Waals surface area contributed by atoms with E-state index < -0.39 is 24.6 Å². The lowest BCUT2D eigenvalue weighted by Gasteiger charge is -2.11. The lowest BCUT2D eigenvalue weighted by molar-refractivity contribution is -0.140. The first kappa shape index (κ1) is 12.4. The summed E-state index contributed by atoms with van der Waals surface area (Å²) in [4.78, 5) is 25.7. The van der Waals surface area contributed by atoms with Gasteiger partial charge in [0.2, 0.25) is 0 Å². The van der Waals surface area contributed by atoms with Crippen LogP contribution in [-0.2, 0) is 4.79 Å². The molecule has 0 fully saturated rings. The largest absolute Gasteiger partial charge is 0.480 e. The van der Waals surface area contributed by atoms with Crippen LogP contribution in [0.1, 0.15) is 5.69 Å². The molecule has 4 N–H and O–H groups in total. The summed E-state index contributed by atoms with van der Waals surface area (Å²) in [6, 6.07) is -2.03. The maximum atomic E-state index is 11.3. The Bertz CT molecular complexity index is 392. The average Bonchev–Trinajstić information content (AvgIpc) is 2.60. The molecule has 1 atom stereocenters. The first-order chi connectivity index (χ1) is 7.52. The molecule has 0 saturated carbocycles. The van der Waals surface area contributed by atoms with E-state index in [4.69, 9.17) is 10.2 Å². The first-order valence-corrected chi connectivity index (χ1v) is 5.24. The highest BCUT2D eigenvalue weighted by Crippen LogP contribution is 2.13. The van der Waals surface area contributed by atoms with Crippen LogP contribution in [0.25, 0.3) is 0 Å². The highest BCUT2D eigenvalue weighted by atomic mass is 32.1. The van der Waals surface area contributed by atoms with E-state index in [1.807, 2.05) is 0 Å². The van der Waals surface area contributed by atoms with Crippen LogP contribution in [0.4, 0.5) is 9.93 Å². The van der Waals surface area contributed by atoms with Crippen molar-refractivity contribution in [3.63, 3.8) is 0 Å². The molecular formula is C8H11N3O4S. The van der Waals surface area contributed by atoms with Gasteiger partial charge in [0.1, 0.15) is 0 Å². The van der Waals surface area contributed by atoms with Crippen molar-refractivity contribution in [3.05, 3.63) is 11.1 Å². The minimum absolute atomic E-state index is 0.372. The van der Waals surface area contributed by atoms with Crippen molar-refractivity contribution in [1.82, 2.24) is 10.3 Å². The minimum Gasteiger partial charge on any atom is -0.480 e. The van der Waals surface area contributed by atoms with Crippen LogP contribution in [0.5, 0.6) is 0 Å². The number of carboxylic acid groups (broad SMARTS) is 1. The van der Waals surface area contributed by atoms with Gasteiger partial charge < -0.3 is 15.5 Å². The van der Waals surface area contributed by atoms with Gasteiger partial charge >= 0.3 is 12.0 Å². The highest BCUT2D eigenvalue weighted by molar-refractivity contribution is 7.13. The molecule has 1 aromatic heterocycles. The van der Waals surface area contributed by atoms with Crippen molar-refractivity contribution in [2.45, 2.75) is 13.0 Å². The third-order valence-electron chi connectivity index (χ3n) is 1.63. The molecule has 16 heavy (non-hydrogen) atoms. The Hall–Kier alpha value is -1.67. The number of aryl methyl sites for hydroxylation is 1. The zero-order chi connectivity index (χ0) is 12.1. The molecule has 0 aliphatic heterocycles. The van der Waals surface area contributed by atoms with Crippen LogP contribution in [0.3, 0.4) is 0 Å². The van der Waals surface area contributed by atoms with Crippen molar-refractivity contribution >= 4 is 28.5 Å². The first-order valence-electron chi connectivity index (χ1n) is 4.36. The summed E-state index contributed by atoms with van der Waals surface area (Å²) in [5, 5.41) is 23.8. The molecule has 0 saturated heterocycles. The number of rotatable bonds is 4. The third kappa shape index (κ3) is 3.48. The van der Waals surface area contributed by atoms with E-state index in [-0.39, 0.29) is 0 Å². The molecule has 8 heteroatoms. The van der Waals surface area contributed by atoms with Gasteiger partial charge in [-0.25, -0.2) is 14.6 Å². The molecule has 88 valence electrons. The molecule has 0 unspecified atom stereocenters. The van der Waals surface area contributed by atoms with Crippen LogP contribution in [-0.4, -0.2) is 39.8 Å². The molecule has 0 bridgehead atoms. The summed E-state index contributed by atoms with van der Waals surface area (Å²) >= 11 is 1.23. The number of carbonyl (C=O) groups is 2. The fourth-order valence-corrected chi connectivity index (χ4v) is 1.57. The van der Waals surface area contributed by atoms with Crippen molar-refractivity contribution in [3.8, 4) is 0 Å². The smallest absolute Gasteiger partial charge is 0.328 e. The topological polar surface area (TPSA) is 112 Å². The standard InChI is InChI=1S/C8H11N3O4S/c1-4-3-16-8(9-4)11-7(15)10-5(2-12)6(13)14/h3,5,12H,2H2,1H3,(H,13,14)(H2,9,10,11,15)/t5-/m0/s1. The van der Waals surface area contributed by atoms with Crippen molar-refractivity contribution in [2.24, 2.45) is 0 Å². The Morgan fingerprint density at radius 3 is 2.75 bits per heavy atom. The van der Waals surface area contributed by atoms with Crippen LogP contribution < -0.4 is 10.6 Å². The predicted octanol–water partition coefficient (Wildman–Crippen LogP) is 0.0185. The fourth-order valence-electron chi connectivity index (χ4n) is 0.888. The van der Waals surface area contributed by atoms with Crippen molar-refractivity contribution < 1.29 is 19.8 Å². The quantitative estimate of drug-likeness (QED) is 0.597. The van der Waals surface area contributed by atoms with Gasteiger partial charge in [0.25, 0.3) is 0 Å². The minimum atomic E-state index is -1.32. The monoisotopic (exact) mass is 245 g/mol. The van der Waals surface area contributed by atoms with E-state index in [9.17, 15) is 9.59 Å². The van der Waals surface area contributed by atoms with E-state index in [0.717, 1.165) is 5.69 Å². The lowest BCUT2D eigenvalue weighted by atomic mass is 10.3. The molecule has 1 rings (SSSR count). The molecule has 0 radical (unpaired) electrons. The van der Waals surface area contributed by atoms with E-state index in [0.29, 0.717) is 5.13 Å². The number of nitrogens with one attached hydrogen (secondary N) is 2. The number of aromatic nitrogens is 1. The number of amides is 2. The maximum Gasteiger partial charge on any atom is 0.328 e. The van der Waals surface area contributed by atoms with E-state index >= 15 is 0 Å². The third-order valence-corrected chi connectivity index (χ3v) is 2.50. The Kier molecular flexibility index (Phi) is 4.20. The van der Waals surface area contributed by atoms with Gasteiger partial charge in [-0.2, -0.15) is 0 Å². The Morgan fingerprint density at radius 2 is 2.31 bits per heavy atom. The van der Waals surface area contributed by atoms with E-state index in [1.165, 1.54) is 11.3 Å². The zero-order valence-corrected chi connectivity index (χ0v) is 9.24. The maximum absolute atomic E-state index is 11.3. The highest BCUT2D eigenvalue weighted by Gasteiger charge is 2.18. The van der Waals surface area contributed by atoms with Gasteiger partial charge in [0, 0.05) is 5.38 Å². The number of hydrogen-bond donors (Lipinski definition) is 4. The van der Waals surface area contributed by atoms with Gasteiger partial charge in [-0.05, 0) is 6.92 Å². The summed E-state index contributed by atoms with van der Waals surface area (Å²) in [6.07, 6.45) is 0. The van der Waals surface area contributed by atoms with E-state index in [1.54, 1.807) is 12.3 Å². The Morgan fingerprint density at radius 1 is 1.62 bits per heavy atom. The number of aliphatic hydroxyl groups is 1. The number of urea groups is 1. The number of nitrogens with zero attached hydrogens (tertiary/aromatic N) is 1. The molecule has 0 aliphatic rings. The molecule has 1 heterocycles. The van der Waals surface area contributed by atoms with Gasteiger partial charge in [-0.15, -0.1) is 11.3 Å². The molecular weight excluding hydrogens is 234 g/mol. The summed E-state index contributed by atoms with van der Waals surface area (Å²) in [6.45, 7) is 1.10. The molecule has 0 aromatic carbocycles. The number of anilines is 1. The molecule has 1 aromatic rings. The molecule has 0 aliphatic carbocycles. The van der Waals surface area contributed by atoms with Gasteiger partial charge in [0.05, 0.1) is 12.3 Å². The number of carbonyl (C=O) groups excluding carboxylic acids is 1. The SMILES string of the molecule is Cc1csc(NC(=O)N[C@@H](CO)C(=O)O)n1.